The average molecular weight is 713 g/mol. The molecule has 0 saturated carbocycles. The molecule has 4 nitrogen and oxygen atoms in total. The highest BCUT2D eigenvalue weighted by Crippen LogP contribution is 2.21. The van der Waals surface area contributed by atoms with Crippen molar-refractivity contribution in [2.24, 2.45) is 0 Å². The van der Waals surface area contributed by atoms with E-state index in [-0.39, 0.29) is 0 Å². The highest BCUT2D eigenvalue weighted by Gasteiger charge is 2.38. The Morgan fingerprint density at radius 3 is 0.735 bits per heavy atom. The molecule has 0 rings (SSSR count). The van der Waals surface area contributed by atoms with Crippen molar-refractivity contribution in [3.8, 4) is 0 Å². The van der Waals surface area contributed by atoms with Gasteiger partial charge in [0, 0.05) is 33.8 Å². The first-order valence-corrected chi connectivity index (χ1v) is 24.4. The first-order valence-electron chi connectivity index (χ1n) is 22.5. The van der Waals surface area contributed by atoms with Gasteiger partial charge in [-0.3, -0.25) is 0 Å². The second kappa shape index (κ2) is 37.8. The molecular formula is C44H94NO3Si+. The molecule has 0 aromatic carbocycles. The topological polar surface area (TPSA) is 27.7 Å². The summed E-state index contributed by atoms with van der Waals surface area (Å²) in [6, 6.07) is 0.919. The zero-order valence-electron chi connectivity index (χ0n) is 35.0. The van der Waals surface area contributed by atoms with Gasteiger partial charge in [0.2, 0.25) is 0 Å². The van der Waals surface area contributed by atoms with Crippen molar-refractivity contribution in [3.63, 3.8) is 0 Å². The van der Waals surface area contributed by atoms with Gasteiger partial charge >= 0.3 is 8.80 Å². The highest BCUT2D eigenvalue weighted by atomic mass is 28.4. The lowest BCUT2D eigenvalue weighted by molar-refractivity contribution is -0.910. The van der Waals surface area contributed by atoms with E-state index < -0.39 is 8.80 Å². The monoisotopic (exact) mass is 713 g/mol. The lowest BCUT2D eigenvalue weighted by Gasteiger charge is -2.36. The molecule has 0 N–H and O–H groups in total. The third kappa shape index (κ3) is 32.4. The van der Waals surface area contributed by atoms with Crippen LogP contribution in [-0.4, -0.2) is 61.3 Å². The van der Waals surface area contributed by atoms with E-state index in [9.17, 15) is 0 Å². The molecule has 1 atom stereocenters. The smallest absolute Gasteiger partial charge is 0.377 e. The third-order valence-corrected chi connectivity index (χ3v) is 14.3. The largest absolute Gasteiger partial charge is 0.500 e. The number of rotatable bonds is 42. The molecule has 0 aliphatic rings. The predicted molar refractivity (Wildman–Crippen MR) is 221 cm³/mol. The molecule has 0 aliphatic carbocycles. The quantitative estimate of drug-likeness (QED) is 0.0358. The van der Waals surface area contributed by atoms with Gasteiger partial charge in [-0.1, -0.05) is 200 Å². The fourth-order valence-corrected chi connectivity index (χ4v) is 9.53. The molecule has 0 bridgehead atoms. The van der Waals surface area contributed by atoms with E-state index in [1.54, 1.807) is 21.3 Å². The van der Waals surface area contributed by atoms with Crippen LogP contribution in [0.1, 0.15) is 232 Å². The first-order chi connectivity index (χ1) is 24.0. The van der Waals surface area contributed by atoms with Crippen molar-refractivity contribution in [3.05, 3.63) is 0 Å². The van der Waals surface area contributed by atoms with Crippen LogP contribution in [0, 0.1) is 0 Å². The van der Waals surface area contributed by atoms with Crippen LogP contribution in [0.5, 0.6) is 0 Å². The molecule has 0 fully saturated rings. The first kappa shape index (κ1) is 49.1. The minimum absolute atomic E-state index is 0.919. The summed E-state index contributed by atoms with van der Waals surface area (Å²) in [7, 11) is 5.29. The molecule has 0 saturated heterocycles. The van der Waals surface area contributed by atoms with E-state index in [4.69, 9.17) is 13.3 Å². The van der Waals surface area contributed by atoms with E-state index in [1.165, 1.54) is 236 Å². The van der Waals surface area contributed by atoms with Crippen LogP contribution in [0.25, 0.3) is 0 Å². The van der Waals surface area contributed by atoms with Gasteiger partial charge in [0.05, 0.1) is 26.7 Å². The SMILES string of the molecule is CCCCCCCCCCCCCCCCCCC[N+](C)(CCCCCCCCCCCCCCCCCC)CCC[Si](OC)(OC)OC. The van der Waals surface area contributed by atoms with E-state index in [1.807, 2.05) is 0 Å². The van der Waals surface area contributed by atoms with Crippen LogP contribution < -0.4 is 0 Å². The molecule has 0 heterocycles. The van der Waals surface area contributed by atoms with Gasteiger partial charge in [0.1, 0.15) is 0 Å². The fourth-order valence-electron chi connectivity index (χ4n) is 7.83. The maximum absolute atomic E-state index is 5.73. The summed E-state index contributed by atoms with van der Waals surface area (Å²) in [5.74, 6) is 0. The van der Waals surface area contributed by atoms with Crippen LogP contribution >= 0.6 is 0 Å². The van der Waals surface area contributed by atoms with Gasteiger partial charge in [0.25, 0.3) is 0 Å². The van der Waals surface area contributed by atoms with Crippen molar-refractivity contribution in [1.82, 2.24) is 0 Å². The van der Waals surface area contributed by atoms with Crippen LogP contribution in [0.3, 0.4) is 0 Å². The predicted octanol–water partition coefficient (Wildman–Crippen LogP) is 14.6. The number of unbranched alkanes of at least 4 members (excludes halogenated alkanes) is 31. The van der Waals surface area contributed by atoms with Crippen molar-refractivity contribution < 1.29 is 17.8 Å². The number of hydrogen-bond acceptors (Lipinski definition) is 3. The lowest BCUT2D eigenvalue weighted by atomic mass is 10.0. The Bertz CT molecular complexity index is 623. The summed E-state index contributed by atoms with van der Waals surface area (Å²) in [4.78, 5) is 0. The molecule has 1 unspecified atom stereocenters. The Kier molecular flexibility index (Phi) is 37.8. The Hall–Kier alpha value is 0.0569. The van der Waals surface area contributed by atoms with Crippen molar-refractivity contribution in [2.45, 2.75) is 238 Å². The third-order valence-electron chi connectivity index (χ3n) is 11.5. The molecule has 49 heavy (non-hydrogen) atoms. The molecule has 296 valence electrons. The standard InChI is InChI=1S/C44H94NO3Si/c1-7-9-11-13-15-17-19-21-23-25-27-29-31-33-35-37-39-42-45(3,43-40-44-49(46-4,47-5)48-6)41-38-36-34-32-30-28-26-24-22-20-18-16-14-12-10-8-2/h7-44H2,1-6H3/q+1. The highest BCUT2D eigenvalue weighted by molar-refractivity contribution is 6.60. The van der Waals surface area contributed by atoms with Gasteiger partial charge in [-0.25, -0.2) is 0 Å². The minimum Gasteiger partial charge on any atom is -0.377 e. The Labute approximate surface area is 311 Å². The molecule has 0 aliphatic heterocycles. The van der Waals surface area contributed by atoms with E-state index in [2.05, 4.69) is 20.9 Å². The molecule has 0 radical (unpaired) electrons. The van der Waals surface area contributed by atoms with Crippen LogP contribution in [0.2, 0.25) is 6.04 Å². The van der Waals surface area contributed by atoms with Crippen molar-refractivity contribution in [2.75, 3.05) is 48.0 Å². The molecule has 0 spiro atoms. The van der Waals surface area contributed by atoms with E-state index in [0.717, 1.165) is 12.5 Å². The van der Waals surface area contributed by atoms with Gasteiger partial charge in [-0.15, -0.1) is 0 Å². The molecule has 0 amide bonds. The second-order valence-electron chi connectivity index (χ2n) is 16.1. The normalized spacial score (nSPS) is 13.3. The summed E-state index contributed by atoms with van der Waals surface area (Å²) in [5, 5.41) is 0. The van der Waals surface area contributed by atoms with Crippen LogP contribution in [0.15, 0.2) is 0 Å². The van der Waals surface area contributed by atoms with Crippen LogP contribution in [-0.2, 0) is 13.3 Å². The van der Waals surface area contributed by atoms with Crippen LogP contribution in [0.4, 0.5) is 0 Å². The summed E-state index contributed by atoms with van der Waals surface area (Å²) in [6.07, 6.45) is 48.6. The Morgan fingerprint density at radius 2 is 0.510 bits per heavy atom. The lowest BCUT2D eigenvalue weighted by Crippen LogP contribution is -2.48. The van der Waals surface area contributed by atoms with Crippen molar-refractivity contribution in [1.29, 1.82) is 0 Å². The fraction of sp³-hybridized carbons (Fsp3) is 1.00. The number of hydrogen-bond donors (Lipinski definition) is 0. The van der Waals surface area contributed by atoms with E-state index >= 15 is 0 Å². The second-order valence-corrected chi connectivity index (χ2v) is 19.2. The summed E-state index contributed by atoms with van der Waals surface area (Å²) < 4.78 is 18.4. The number of nitrogens with zero attached hydrogens (tertiary/aromatic N) is 1. The van der Waals surface area contributed by atoms with E-state index in [0.29, 0.717) is 0 Å². The summed E-state index contributed by atoms with van der Waals surface area (Å²) in [6.45, 7) is 8.46. The Balaban J connectivity index is 4.08. The maximum atomic E-state index is 5.73. The molecule has 5 heteroatoms. The van der Waals surface area contributed by atoms with Gasteiger partial charge in [-0.05, 0) is 25.7 Å². The molecule has 0 aromatic heterocycles. The van der Waals surface area contributed by atoms with Gasteiger partial charge < -0.3 is 17.8 Å². The minimum atomic E-state index is -2.48. The maximum Gasteiger partial charge on any atom is 0.500 e. The zero-order chi connectivity index (χ0) is 36.0. The van der Waals surface area contributed by atoms with Gasteiger partial charge in [0.15, 0.2) is 0 Å². The molecular weight excluding hydrogens is 619 g/mol. The zero-order valence-corrected chi connectivity index (χ0v) is 36.0. The summed E-state index contributed by atoms with van der Waals surface area (Å²) in [5.41, 5.74) is 0. The van der Waals surface area contributed by atoms with Gasteiger partial charge in [-0.2, -0.15) is 0 Å². The molecule has 0 aromatic rings. The number of quaternary nitrogens is 1. The Morgan fingerprint density at radius 1 is 0.306 bits per heavy atom. The van der Waals surface area contributed by atoms with Crippen molar-refractivity contribution >= 4 is 8.80 Å². The summed E-state index contributed by atoms with van der Waals surface area (Å²) >= 11 is 0. The average Bonchev–Trinajstić information content (AvgIpc) is 3.11.